The molecule has 11 nitrogen and oxygen atoms in total. The largest absolute Gasteiger partial charge is 0.335 e. The number of nitro benzene ring substituents is 1. The number of para-hydroxylation sites is 1. The first kappa shape index (κ1) is 17.0. The zero-order valence-electron chi connectivity index (χ0n) is 12.3. The number of nitrogens with zero attached hydrogens (tertiary/aromatic N) is 2. The first-order chi connectivity index (χ1) is 11.5. The SMILES string of the molecule is O=C(CCC1NNC(=O)NC1=O)N/N=C/c1ccccc1[N+](=O)[O-]. The van der Waals surface area contributed by atoms with E-state index in [1.54, 1.807) is 6.07 Å². The standard InChI is InChI=1S/C13H14N6O5/c20-11(6-5-9-12(21)15-13(22)18-16-9)17-14-7-8-3-1-2-4-10(8)19(23)24/h1-4,7,9,16H,5-6H2,(H,17,20)(H2,15,18,21,22)/b14-7+. The van der Waals surface area contributed by atoms with Crippen LogP contribution in [0.25, 0.3) is 0 Å². The number of hydrogen-bond acceptors (Lipinski definition) is 7. The summed E-state index contributed by atoms with van der Waals surface area (Å²) in [7, 11) is 0. The van der Waals surface area contributed by atoms with Crippen LogP contribution in [0.2, 0.25) is 0 Å². The van der Waals surface area contributed by atoms with Crippen LogP contribution in [0.4, 0.5) is 10.5 Å². The molecule has 0 aliphatic carbocycles. The van der Waals surface area contributed by atoms with Crippen LogP contribution in [-0.4, -0.2) is 35.0 Å². The third kappa shape index (κ3) is 4.58. The lowest BCUT2D eigenvalue weighted by Crippen LogP contribution is -2.62. The summed E-state index contributed by atoms with van der Waals surface area (Å²) >= 11 is 0. The Morgan fingerprint density at radius 2 is 2.12 bits per heavy atom. The Labute approximate surface area is 135 Å². The first-order valence-electron chi connectivity index (χ1n) is 6.89. The van der Waals surface area contributed by atoms with Gasteiger partial charge in [0.2, 0.25) is 11.8 Å². The van der Waals surface area contributed by atoms with Crippen molar-refractivity contribution < 1.29 is 19.3 Å². The molecule has 24 heavy (non-hydrogen) atoms. The van der Waals surface area contributed by atoms with E-state index in [2.05, 4.69) is 26.7 Å². The van der Waals surface area contributed by atoms with E-state index >= 15 is 0 Å². The Morgan fingerprint density at radius 1 is 1.38 bits per heavy atom. The van der Waals surface area contributed by atoms with Crippen LogP contribution in [0.5, 0.6) is 0 Å². The van der Waals surface area contributed by atoms with E-state index in [1.807, 2.05) is 0 Å². The summed E-state index contributed by atoms with van der Waals surface area (Å²) in [6, 6.07) is 4.56. The second kappa shape index (κ2) is 7.78. The summed E-state index contributed by atoms with van der Waals surface area (Å²) in [6.07, 6.45) is 1.27. The van der Waals surface area contributed by atoms with Crippen LogP contribution in [0.3, 0.4) is 0 Å². The summed E-state index contributed by atoms with van der Waals surface area (Å²) in [5.74, 6) is -1.01. The molecule has 2 rings (SSSR count). The first-order valence-corrected chi connectivity index (χ1v) is 6.89. The van der Waals surface area contributed by atoms with Crippen molar-refractivity contribution in [1.29, 1.82) is 0 Å². The van der Waals surface area contributed by atoms with Gasteiger partial charge in [-0.05, 0) is 12.5 Å². The van der Waals surface area contributed by atoms with Crippen molar-refractivity contribution >= 4 is 29.7 Å². The predicted octanol–water partition coefficient (Wildman–Crippen LogP) is -0.462. The highest BCUT2D eigenvalue weighted by Crippen LogP contribution is 2.14. The van der Waals surface area contributed by atoms with Crippen molar-refractivity contribution in [3.05, 3.63) is 39.9 Å². The van der Waals surface area contributed by atoms with Crippen LogP contribution in [-0.2, 0) is 9.59 Å². The number of hydrazine groups is 1. The van der Waals surface area contributed by atoms with E-state index in [9.17, 15) is 24.5 Å². The van der Waals surface area contributed by atoms with Crippen molar-refractivity contribution in [1.82, 2.24) is 21.6 Å². The number of hydrazone groups is 1. The van der Waals surface area contributed by atoms with Crippen molar-refractivity contribution in [2.24, 2.45) is 5.10 Å². The van der Waals surface area contributed by atoms with Crippen molar-refractivity contribution in [3.8, 4) is 0 Å². The van der Waals surface area contributed by atoms with Gasteiger partial charge < -0.3 is 0 Å². The highest BCUT2D eigenvalue weighted by Gasteiger charge is 2.25. The van der Waals surface area contributed by atoms with Crippen molar-refractivity contribution in [2.45, 2.75) is 18.9 Å². The fraction of sp³-hybridized carbons (Fsp3) is 0.231. The minimum absolute atomic E-state index is 0.0326. The number of nitro groups is 1. The smallest absolute Gasteiger partial charge is 0.276 e. The van der Waals surface area contributed by atoms with E-state index < -0.39 is 28.8 Å². The average Bonchev–Trinajstić information content (AvgIpc) is 2.54. The van der Waals surface area contributed by atoms with Gasteiger partial charge in [-0.2, -0.15) is 5.10 Å². The number of nitrogens with one attached hydrogen (secondary N) is 4. The van der Waals surface area contributed by atoms with Gasteiger partial charge in [0.25, 0.3) is 5.69 Å². The Balaban J connectivity index is 1.82. The van der Waals surface area contributed by atoms with Gasteiger partial charge in [0, 0.05) is 12.5 Å². The average molecular weight is 334 g/mol. The Morgan fingerprint density at radius 3 is 2.83 bits per heavy atom. The molecule has 1 heterocycles. The van der Waals surface area contributed by atoms with Crippen LogP contribution >= 0.6 is 0 Å². The van der Waals surface area contributed by atoms with Crippen LogP contribution < -0.4 is 21.6 Å². The maximum Gasteiger partial charge on any atom is 0.335 e. The Hall–Kier alpha value is -3.34. The number of urea groups is 1. The fourth-order valence-corrected chi connectivity index (χ4v) is 1.92. The molecular weight excluding hydrogens is 320 g/mol. The Kier molecular flexibility index (Phi) is 5.52. The Bertz CT molecular complexity index is 704. The minimum Gasteiger partial charge on any atom is -0.276 e. The van der Waals surface area contributed by atoms with Crippen LogP contribution in [0.15, 0.2) is 29.4 Å². The maximum absolute atomic E-state index is 11.7. The summed E-state index contributed by atoms with van der Waals surface area (Å²) in [5.41, 5.74) is 7.03. The molecule has 0 saturated carbocycles. The number of carbonyl (C=O) groups excluding carboxylic acids is 3. The molecule has 1 fully saturated rings. The topological polar surface area (TPSA) is 155 Å². The molecule has 4 N–H and O–H groups in total. The van der Waals surface area contributed by atoms with Crippen molar-refractivity contribution in [3.63, 3.8) is 0 Å². The van der Waals surface area contributed by atoms with Gasteiger partial charge in [-0.1, -0.05) is 12.1 Å². The van der Waals surface area contributed by atoms with Gasteiger partial charge in [-0.15, -0.1) is 0 Å². The summed E-state index contributed by atoms with van der Waals surface area (Å²) in [4.78, 5) is 44.3. The number of carbonyl (C=O) groups is 3. The number of rotatable bonds is 6. The van der Waals surface area contributed by atoms with E-state index in [0.29, 0.717) is 0 Å². The predicted molar refractivity (Wildman–Crippen MR) is 81.7 cm³/mol. The molecule has 1 aromatic rings. The lowest BCUT2D eigenvalue weighted by molar-refractivity contribution is -0.385. The summed E-state index contributed by atoms with van der Waals surface area (Å²) in [5, 5.41) is 16.5. The number of imide groups is 1. The fourth-order valence-electron chi connectivity index (χ4n) is 1.92. The molecule has 1 unspecified atom stereocenters. The minimum atomic E-state index is -0.729. The molecule has 0 aromatic heterocycles. The molecule has 1 aliphatic heterocycles. The molecule has 4 amide bonds. The van der Waals surface area contributed by atoms with Gasteiger partial charge >= 0.3 is 6.03 Å². The molecule has 11 heteroatoms. The van der Waals surface area contributed by atoms with E-state index in [-0.39, 0.29) is 24.1 Å². The lowest BCUT2D eigenvalue weighted by atomic mass is 10.1. The molecule has 0 radical (unpaired) electrons. The van der Waals surface area contributed by atoms with Gasteiger partial charge in [0.1, 0.15) is 6.04 Å². The monoisotopic (exact) mass is 334 g/mol. The number of hydrogen-bond donors (Lipinski definition) is 4. The zero-order chi connectivity index (χ0) is 17.5. The highest BCUT2D eigenvalue weighted by atomic mass is 16.6. The highest BCUT2D eigenvalue weighted by molar-refractivity contribution is 5.99. The molecule has 1 aromatic carbocycles. The lowest BCUT2D eigenvalue weighted by Gasteiger charge is -2.22. The summed E-state index contributed by atoms with van der Waals surface area (Å²) in [6.45, 7) is 0. The molecule has 1 aliphatic rings. The normalized spacial score (nSPS) is 17.2. The third-order valence-corrected chi connectivity index (χ3v) is 3.10. The summed E-state index contributed by atoms with van der Waals surface area (Å²) < 4.78 is 0. The second-order valence-electron chi connectivity index (χ2n) is 4.79. The second-order valence-corrected chi connectivity index (χ2v) is 4.79. The van der Waals surface area contributed by atoms with Gasteiger partial charge in [-0.3, -0.25) is 30.4 Å². The van der Waals surface area contributed by atoms with Gasteiger partial charge in [-0.25, -0.2) is 15.6 Å². The molecule has 0 spiro atoms. The van der Waals surface area contributed by atoms with E-state index in [4.69, 9.17) is 0 Å². The maximum atomic E-state index is 11.7. The molecule has 0 bridgehead atoms. The van der Waals surface area contributed by atoms with Crippen molar-refractivity contribution in [2.75, 3.05) is 0 Å². The third-order valence-electron chi connectivity index (χ3n) is 3.10. The molecule has 1 saturated heterocycles. The van der Waals surface area contributed by atoms with E-state index in [1.165, 1.54) is 24.4 Å². The van der Waals surface area contributed by atoms with E-state index in [0.717, 1.165) is 0 Å². The molecule has 1 atom stereocenters. The van der Waals surface area contributed by atoms with Gasteiger partial charge in [0.15, 0.2) is 0 Å². The van der Waals surface area contributed by atoms with Crippen LogP contribution in [0.1, 0.15) is 18.4 Å². The van der Waals surface area contributed by atoms with Crippen LogP contribution in [0, 0.1) is 10.1 Å². The number of benzene rings is 1. The van der Waals surface area contributed by atoms with Gasteiger partial charge in [0.05, 0.1) is 16.7 Å². The zero-order valence-corrected chi connectivity index (χ0v) is 12.3. The molecular formula is C13H14N6O5. The quantitative estimate of drug-likeness (QED) is 0.313. The molecule has 126 valence electrons. The number of amides is 4.